The number of aromatic nitrogens is 2. The molecule has 1 aliphatic rings. The number of carbonyl (C=O) groups excluding carboxylic acids is 1. The van der Waals surface area contributed by atoms with E-state index in [1.165, 1.54) is 38.5 Å². The van der Waals surface area contributed by atoms with E-state index in [1.807, 2.05) is 37.3 Å². The lowest BCUT2D eigenvalue weighted by Crippen LogP contribution is -2.27. The molecular weight excluding hydrogens is 312 g/mol. The number of rotatable bonds is 5. The Hall–Kier alpha value is -2.43. The normalized spacial score (nSPS) is 16.7. The summed E-state index contributed by atoms with van der Waals surface area (Å²) in [6.07, 6.45) is 10.7. The summed E-state index contributed by atoms with van der Waals surface area (Å²) < 4.78 is 0. The summed E-state index contributed by atoms with van der Waals surface area (Å²) in [7, 11) is 0. The zero-order chi connectivity index (χ0) is 17.5. The first-order valence-corrected chi connectivity index (χ1v) is 9.17. The van der Waals surface area contributed by atoms with Gasteiger partial charge in [-0.3, -0.25) is 4.79 Å². The van der Waals surface area contributed by atoms with E-state index in [9.17, 15) is 4.79 Å². The van der Waals surface area contributed by atoms with Crippen molar-refractivity contribution in [1.29, 1.82) is 0 Å². The van der Waals surface area contributed by atoms with Gasteiger partial charge in [0.25, 0.3) is 5.91 Å². The maximum Gasteiger partial charge on any atom is 0.271 e. The smallest absolute Gasteiger partial charge is 0.271 e. The lowest BCUT2D eigenvalue weighted by molar-refractivity contribution is 0.0934. The zero-order valence-electron chi connectivity index (χ0n) is 14.7. The average molecular weight is 338 g/mol. The van der Waals surface area contributed by atoms with Crippen molar-refractivity contribution in [2.24, 2.45) is 0 Å². The second-order valence-corrected chi connectivity index (χ2v) is 6.73. The van der Waals surface area contributed by atoms with E-state index < -0.39 is 0 Å². The van der Waals surface area contributed by atoms with Gasteiger partial charge >= 0.3 is 0 Å². The molecule has 1 amide bonds. The van der Waals surface area contributed by atoms with Crippen molar-refractivity contribution in [2.45, 2.75) is 57.5 Å². The monoisotopic (exact) mass is 338 g/mol. The van der Waals surface area contributed by atoms with Crippen LogP contribution in [0.5, 0.6) is 0 Å². The van der Waals surface area contributed by atoms with Crippen LogP contribution in [0.2, 0.25) is 0 Å². The predicted molar refractivity (Wildman–Crippen MR) is 99.5 cm³/mol. The summed E-state index contributed by atoms with van der Waals surface area (Å²) in [6, 6.07) is 10.3. The predicted octanol–water partition coefficient (Wildman–Crippen LogP) is 4.10. The van der Waals surface area contributed by atoms with Gasteiger partial charge in [0, 0.05) is 6.04 Å². The minimum atomic E-state index is -0.204. The van der Waals surface area contributed by atoms with Gasteiger partial charge < -0.3 is 10.6 Å². The summed E-state index contributed by atoms with van der Waals surface area (Å²) in [5.74, 6) is 0.546. The molecule has 0 saturated heterocycles. The molecule has 0 spiro atoms. The van der Waals surface area contributed by atoms with E-state index in [0.29, 0.717) is 11.7 Å². The van der Waals surface area contributed by atoms with Crippen LogP contribution in [0.3, 0.4) is 0 Å². The van der Waals surface area contributed by atoms with Crippen LogP contribution in [0, 0.1) is 0 Å². The highest BCUT2D eigenvalue weighted by molar-refractivity contribution is 5.92. The first-order chi connectivity index (χ1) is 12.2. The van der Waals surface area contributed by atoms with Gasteiger partial charge in [-0.25, -0.2) is 9.97 Å². The molecule has 1 heterocycles. The first kappa shape index (κ1) is 17.4. The van der Waals surface area contributed by atoms with Crippen LogP contribution in [0.25, 0.3) is 0 Å². The summed E-state index contributed by atoms with van der Waals surface area (Å²) in [4.78, 5) is 21.0. The quantitative estimate of drug-likeness (QED) is 0.805. The lowest BCUT2D eigenvalue weighted by atomic mass is 10.1. The Labute approximate surface area is 149 Å². The highest BCUT2D eigenvalue weighted by Gasteiger charge is 2.15. The Balaban J connectivity index is 1.56. The number of benzene rings is 1. The minimum Gasteiger partial charge on any atom is -0.366 e. The fourth-order valence-corrected chi connectivity index (χ4v) is 3.25. The van der Waals surface area contributed by atoms with Crippen molar-refractivity contribution in [3.05, 3.63) is 54.0 Å². The summed E-state index contributed by atoms with van der Waals surface area (Å²) >= 11 is 0. The van der Waals surface area contributed by atoms with Crippen molar-refractivity contribution in [1.82, 2.24) is 15.3 Å². The molecule has 2 aromatic rings. The maximum absolute atomic E-state index is 12.3. The van der Waals surface area contributed by atoms with Gasteiger partial charge in [-0.15, -0.1) is 0 Å². The Morgan fingerprint density at radius 3 is 2.40 bits per heavy atom. The molecule has 1 fully saturated rings. The molecule has 2 N–H and O–H groups in total. The van der Waals surface area contributed by atoms with Gasteiger partial charge in [0.2, 0.25) is 0 Å². The third-order valence-corrected chi connectivity index (χ3v) is 4.74. The standard InChI is InChI=1S/C20H26N4O/c1-15(16-9-5-4-6-10-16)23-20(25)18-13-22-19(14-21-18)24-17-11-7-2-3-8-12-17/h4-6,9-10,13-15,17H,2-3,7-8,11-12H2,1H3,(H,22,24)(H,23,25). The number of nitrogens with one attached hydrogen (secondary N) is 2. The molecule has 1 aromatic carbocycles. The molecule has 5 nitrogen and oxygen atoms in total. The van der Waals surface area contributed by atoms with Crippen LogP contribution in [0.15, 0.2) is 42.7 Å². The van der Waals surface area contributed by atoms with Crippen LogP contribution in [0.1, 0.15) is 67.5 Å². The highest BCUT2D eigenvalue weighted by atomic mass is 16.1. The molecule has 1 aromatic heterocycles. The molecule has 0 aliphatic heterocycles. The number of nitrogens with zero attached hydrogens (tertiary/aromatic N) is 2. The van der Waals surface area contributed by atoms with Crippen molar-refractivity contribution in [3.63, 3.8) is 0 Å². The van der Waals surface area contributed by atoms with Crippen LogP contribution in [-0.2, 0) is 0 Å². The fraction of sp³-hybridized carbons (Fsp3) is 0.450. The lowest BCUT2D eigenvalue weighted by Gasteiger charge is -2.17. The minimum absolute atomic E-state index is 0.0701. The van der Waals surface area contributed by atoms with E-state index in [0.717, 1.165) is 11.4 Å². The molecule has 1 unspecified atom stereocenters. The van der Waals surface area contributed by atoms with Gasteiger partial charge in [-0.1, -0.05) is 56.0 Å². The molecule has 5 heteroatoms. The van der Waals surface area contributed by atoms with Gasteiger partial charge in [0.1, 0.15) is 11.5 Å². The number of hydrogen-bond donors (Lipinski definition) is 2. The molecule has 25 heavy (non-hydrogen) atoms. The summed E-state index contributed by atoms with van der Waals surface area (Å²) in [6.45, 7) is 1.96. The van der Waals surface area contributed by atoms with Gasteiger partial charge in [-0.2, -0.15) is 0 Å². The second-order valence-electron chi connectivity index (χ2n) is 6.73. The molecule has 132 valence electrons. The third kappa shape index (κ3) is 5.02. The van der Waals surface area contributed by atoms with E-state index in [4.69, 9.17) is 0 Å². The molecule has 1 aliphatic carbocycles. The van der Waals surface area contributed by atoms with E-state index in [-0.39, 0.29) is 11.9 Å². The third-order valence-electron chi connectivity index (χ3n) is 4.74. The Morgan fingerprint density at radius 2 is 1.76 bits per heavy atom. The molecule has 1 atom stereocenters. The average Bonchev–Trinajstić information content (AvgIpc) is 2.91. The number of amides is 1. The van der Waals surface area contributed by atoms with Gasteiger partial charge in [0.15, 0.2) is 0 Å². The van der Waals surface area contributed by atoms with Gasteiger partial charge in [-0.05, 0) is 25.3 Å². The maximum atomic E-state index is 12.3. The van der Waals surface area contributed by atoms with Gasteiger partial charge in [0.05, 0.1) is 18.4 Å². The number of carbonyl (C=O) groups is 1. The molecule has 3 rings (SSSR count). The number of hydrogen-bond acceptors (Lipinski definition) is 4. The Bertz CT molecular complexity index is 664. The van der Waals surface area contributed by atoms with Crippen LogP contribution < -0.4 is 10.6 Å². The largest absolute Gasteiger partial charge is 0.366 e. The van der Waals surface area contributed by atoms with Crippen molar-refractivity contribution in [2.75, 3.05) is 5.32 Å². The molecular formula is C20H26N4O. The Morgan fingerprint density at radius 1 is 1.04 bits per heavy atom. The molecule has 0 radical (unpaired) electrons. The van der Waals surface area contributed by atoms with E-state index in [2.05, 4.69) is 20.6 Å². The van der Waals surface area contributed by atoms with Crippen molar-refractivity contribution < 1.29 is 4.79 Å². The van der Waals surface area contributed by atoms with E-state index >= 15 is 0 Å². The van der Waals surface area contributed by atoms with Crippen LogP contribution >= 0.6 is 0 Å². The fourth-order valence-electron chi connectivity index (χ4n) is 3.25. The summed E-state index contributed by atoms with van der Waals surface area (Å²) in [5, 5.41) is 6.41. The summed E-state index contributed by atoms with van der Waals surface area (Å²) in [5.41, 5.74) is 1.41. The van der Waals surface area contributed by atoms with Crippen LogP contribution in [0.4, 0.5) is 5.82 Å². The van der Waals surface area contributed by atoms with Crippen LogP contribution in [-0.4, -0.2) is 21.9 Å². The van der Waals surface area contributed by atoms with Crippen molar-refractivity contribution in [3.8, 4) is 0 Å². The highest BCUT2D eigenvalue weighted by Crippen LogP contribution is 2.20. The molecule has 1 saturated carbocycles. The van der Waals surface area contributed by atoms with E-state index in [1.54, 1.807) is 12.4 Å². The SMILES string of the molecule is CC(NC(=O)c1cnc(NC2CCCCCC2)cn1)c1ccccc1. The second kappa shape index (κ2) is 8.60. The topological polar surface area (TPSA) is 66.9 Å². The van der Waals surface area contributed by atoms with Crippen molar-refractivity contribution >= 4 is 11.7 Å². The molecule has 0 bridgehead atoms. The Kier molecular flexibility index (Phi) is 5.99. The number of anilines is 1. The zero-order valence-corrected chi connectivity index (χ0v) is 14.7. The first-order valence-electron chi connectivity index (χ1n) is 9.17.